The average molecular weight is 610 g/mol. The molecule has 10 nitrogen and oxygen atoms in total. The zero-order valence-electron chi connectivity index (χ0n) is 23.5. The molecule has 0 aliphatic rings. The average Bonchev–Trinajstić information content (AvgIpc) is 2.96. The van der Waals surface area contributed by atoms with E-state index in [9.17, 15) is 21.6 Å². The monoisotopic (exact) mass is 609 g/mol. The van der Waals surface area contributed by atoms with Crippen molar-refractivity contribution in [3.63, 3.8) is 0 Å². The van der Waals surface area contributed by atoms with Crippen molar-refractivity contribution in [2.24, 2.45) is 0 Å². The quantitative estimate of drug-likeness (QED) is 0.246. The first kappa shape index (κ1) is 30.4. The van der Waals surface area contributed by atoms with Crippen LogP contribution in [0.25, 0.3) is 0 Å². The van der Waals surface area contributed by atoms with Gasteiger partial charge in [-0.25, -0.2) is 16.8 Å². The van der Waals surface area contributed by atoms with Gasteiger partial charge in [0, 0.05) is 5.69 Å². The molecule has 0 aromatic heterocycles. The van der Waals surface area contributed by atoms with Gasteiger partial charge in [0.25, 0.3) is 20.0 Å². The van der Waals surface area contributed by atoms with Crippen LogP contribution in [-0.4, -0.2) is 43.5 Å². The van der Waals surface area contributed by atoms with Crippen LogP contribution in [0.5, 0.6) is 11.5 Å². The van der Waals surface area contributed by atoms with Crippen LogP contribution in [0.4, 0.5) is 17.1 Å². The Morgan fingerprint density at radius 3 is 1.95 bits per heavy atom. The molecule has 4 aromatic carbocycles. The second kappa shape index (κ2) is 12.5. The van der Waals surface area contributed by atoms with E-state index in [0.29, 0.717) is 11.4 Å². The van der Waals surface area contributed by atoms with Crippen molar-refractivity contribution < 1.29 is 31.1 Å². The van der Waals surface area contributed by atoms with Gasteiger partial charge in [0.1, 0.15) is 18.0 Å². The maximum absolute atomic E-state index is 13.7. The highest BCUT2D eigenvalue weighted by Gasteiger charge is 2.29. The summed E-state index contributed by atoms with van der Waals surface area (Å²) < 4.78 is 67.6. The number of amides is 1. The molecule has 0 radical (unpaired) electrons. The lowest BCUT2D eigenvalue weighted by atomic mass is 10.2. The molecule has 2 N–H and O–H groups in total. The van der Waals surface area contributed by atoms with Gasteiger partial charge in [0.2, 0.25) is 5.91 Å². The van der Waals surface area contributed by atoms with Gasteiger partial charge in [-0.2, -0.15) is 0 Å². The third kappa shape index (κ3) is 6.84. The smallest absolute Gasteiger partial charge is 0.264 e. The summed E-state index contributed by atoms with van der Waals surface area (Å²) in [5, 5.41) is 2.65. The first-order valence-corrected chi connectivity index (χ1v) is 15.7. The minimum Gasteiger partial charge on any atom is -0.495 e. The molecule has 0 saturated carbocycles. The number of benzene rings is 4. The van der Waals surface area contributed by atoms with Gasteiger partial charge in [-0.15, -0.1) is 0 Å². The number of nitrogens with one attached hydrogen (secondary N) is 2. The Kier molecular flexibility index (Phi) is 9.08. The SMILES string of the molecule is COc1ccc(C)cc1NS(=O)(=O)c1ccc(NC(=O)CN(c2cc(C)ccc2OC)S(=O)(=O)c2ccccc2)cc1. The Morgan fingerprint density at radius 2 is 1.33 bits per heavy atom. The molecule has 0 bridgehead atoms. The van der Waals surface area contributed by atoms with E-state index in [1.807, 2.05) is 6.92 Å². The number of sulfonamides is 2. The third-order valence-corrected chi connectivity index (χ3v) is 9.42. The lowest BCUT2D eigenvalue weighted by Gasteiger charge is -2.26. The number of methoxy groups -OCH3 is 2. The van der Waals surface area contributed by atoms with Gasteiger partial charge in [0.05, 0.1) is 35.4 Å². The van der Waals surface area contributed by atoms with E-state index in [1.165, 1.54) is 50.6 Å². The summed E-state index contributed by atoms with van der Waals surface area (Å²) in [7, 11) is -5.27. The van der Waals surface area contributed by atoms with Crippen molar-refractivity contribution in [1.82, 2.24) is 0 Å². The minimum atomic E-state index is -4.16. The number of rotatable bonds is 11. The number of anilines is 3. The van der Waals surface area contributed by atoms with Crippen LogP contribution in [0, 0.1) is 13.8 Å². The summed E-state index contributed by atoms with van der Waals surface area (Å²) in [4.78, 5) is 13.1. The highest BCUT2D eigenvalue weighted by atomic mass is 32.2. The van der Waals surface area contributed by atoms with E-state index in [2.05, 4.69) is 10.0 Å². The van der Waals surface area contributed by atoms with E-state index in [1.54, 1.807) is 61.5 Å². The Balaban J connectivity index is 1.57. The maximum Gasteiger partial charge on any atom is 0.264 e. The van der Waals surface area contributed by atoms with E-state index >= 15 is 0 Å². The second-order valence-electron chi connectivity index (χ2n) is 9.38. The standard InChI is InChI=1S/C30H31N3O7S2/c1-21-10-16-28(39-3)26(18-21)32-41(35,36)24-14-12-23(13-15-24)31-30(34)20-33(27-19-22(2)11-17-29(27)40-4)42(37,38)25-8-6-5-7-9-25/h5-19,32H,20H2,1-4H3,(H,31,34). The normalized spacial score (nSPS) is 11.4. The molecule has 0 spiro atoms. The van der Waals surface area contributed by atoms with Crippen LogP contribution in [0.2, 0.25) is 0 Å². The number of ether oxygens (including phenoxy) is 2. The lowest BCUT2D eigenvalue weighted by Crippen LogP contribution is -2.38. The Bertz CT molecular complexity index is 1790. The molecule has 12 heteroatoms. The zero-order valence-corrected chi connectivity index (χ0v) is 25.1. The van der Waals surface area contributed by atoms with Gasteiger partial charge in [-0.3, -0.25) is 13.8 Å². The molecule has 42 heavy (non-hydrogen) atoms. The van der Waals surface area contributed by atoms with Crippen LogP contribution >= 0.6 is 0 Å². The highest BCUT2D eigenvalue weighted by molar-refractivity contribution is 7.93. The van der Waals surface area contributed by atoms with Gasteiger partial charge >= 0.3 is 0 Å². The fraction of sp³-hybridized carbons (Fsp3) is 0.167. The van der Waals surface area contributed by atoms with Gasteiger partial charge in [-0.1, -0.05) is 30.3 Å². The van der Waals surface area contributed by atoms with Crippen molar-refractivity contribution in [2.75, 3.05) is 35.1 Å². The summed E-state index contributed by atoms with van der Waals surface area (Å²) in [5.74, 6) is 0.00445. The van der Waals surface area contributed by atoms with Gasteiger partial charge < -0.3 is 14.8 Å². The largest absolute Gasteiger partial charge is 0.495 e. The first-order valence-electron chi connectivity index (χ1n) is 12.7. The highest BCUT2D eigenvalue weighted by Crippen LogP contribution is 2.33. The third-order valence-electron chi connectivity index (χ3n) is 6.27. The van der Waals surface area contributed by atoms with Crippen molar-refractivity contribution >= 4 is 43.0 Å². The Labute approximate surface area is 246 Å². The van der Waals surface area contributed by atoms with Gasteiger partial charge in [0.15, 0.2) is 0 Å². The summed E-state index contributed by atoms with van der Waals surface area (Å²) in [6.07, 6.45) is 0. The fourth-order valence-corrected chi connectivity index (χ4v) is 6.67. The van der Waals surface area contributed by atoms with Crippen molar-refractivity contribution in [1.29, 1.82) is 0 Å². The first-order chi connectivity index (χ1) is 19.9. The molecule has 0 atom stereocenters. The molecule has 0 fully saturated rings. The van der Waals surface area contributed by atoms with Crippen molar-refractivity contribution in [2.45, 2.75) is 23.6 Å². The fourth-order valence-electron chi connectivity index (χ4n) is 4.17. The lowest BCUT2D eigenvalue weighted by molar-refractivity contribution is -0.114. The number of aryl methyl sites for hydroxylation is 2. The molecular weight excluding hydrogens is 578 g/mol. The van der Waals surface area contributed by atoms with Crippen LogP contribution in [0.1, 0.15) is 11.1 Å². The number of hydrogen-bond donors (Lipinski definition) is 2. The Morgan fingerprint density at radius 1 is 0.738 bits per heavy atom. The second-order valence-corrected chi connectivity index (χ2v) is 12.9. The number of carbonyl (C=O) groups excluding carboxylic acids is 1. The van der Waals surface area contributed by atoms with Gasteiger partial charge in [-0.05, 0) is 85.6 Å². The van der Waals surface area contributed by atoms with E-state index in [-0.39, 0.29) is 26.9 Å². The van der Waals surface area contributed by atoms with E-state index in [0.717, 1.165) is 15.4 Å². The Hall–Kier alpha value is -4.55. The molecule has 0 unspecified atom stereocenters. The molecule has 4 rings (SSSR count). The van der Waals surface area contributed by atoms with Crippen LogP contribution in [0.15, 0.2) is 101 Å². The number of nitrogens with zero attached hydrogens (tertiary/aromatic N) is 1. The molecule has 220 valence electrons. The predicted molar refractivity (Wildman–Crippen MR) is 162 cm³/mol. The van der Waals surface area contributed by atoms with Crippen LogP contribution in [0.3, 0.4) is 0 Å². The maximum atomic E-state index is 13.7. The zero-order chi connectivity index (χ0) is 30.5. The summed E-state index contributed by atoms with van der Waals surface area (Å²) in [5.41, 5.74) is 2.39. The van der Waals surface area contributed by atoms with E-state index < -0.39 is 32.5 Å². The summed E-state index contributed by atoms with van der Waals surface area (Å²) >= 11 is 0. The van der Waals surface area contributed by atoms with E-state index in [4.69, 9.17) is 9.47 Å². The number of carbonyl (C=O) groups is 1. The van der Waals surface area contributed by atoms with Crippen molar-refractivity contribution in [3.8, 4) is 11.5 Å². The predicted octanol–water partition coefficient (Wildman–Crippen LogP) is 4.96. The molecule has 1 amide bonds. The molecule has 0 aliphatic heterocycles. The molecule has 0 heterocycles. The molecule has 0 saturated heterocycles. The van der Waals surface area contributed by atoms with Crippen LogP contribution < -0.4 is 23.8 Å². The van der Waals surface area contributed by atoms with Crippen molar-refractivity contribution in [3.05, 3.63) is 102 Å². The molecular formula is C30H31N3O7S2. The topological polar surface area (TPSA) is 131 Å². The molecule has 0 aliphatic carbocycles. The number of hydrogen-bond acceptors (Lipinski definition) is 7. The van der Waals surface area contributed by atoms with Crippen LogP contribution in [-0.2, 0) is 24.8 Å². The summed E-state index contributed by atoms with van der Waals surface area (Å²) in [6.45, 7) is 3.07. The minimum absolute atomic E-state index is 0.00802. The summed E-state index contributed by atoms with van der Waals surface area (Å²) in [6, 6.07) is 23.4. The molecule has 4 aromatic rings.